The second-order valence-electron chi connectivity index (χ2n) is 11.3. The number of nitrogens with zero attached hydrogens (tertiary/aromatic N) is 1. The van der Waals surface area contributed by atoms with E-state index in [1.54, 1.807) is 13.8 Å². The zero-order valence-corrected chi connectivity index (χ0v) is 20.8. The molecule has 3 aliphatic rings. The van der Waals surface area contributed by atoms with Crippen molar-refractivity contribution in [1.29, 1.82) is 0 Å². The van der Waals surface area contributed by atoms with Crippen LogP contribution in [0.5, 0.6) is 0 Å². The van der Waals surface area contributed by atoms with Crippen molar-refractivity contribution < 1.29 is 39.2 Å². The van der Waals surface area contributed by atoms with Gasteiger partial charge in [-0.25, -0.2) is 10.6 Å². The fourth-order valence-corrected chi connectivity index (χ4v) is 6.92. The van der Waals surface area contributed by atoms with Gasteiger partial charge in [-0.15, -0.1) is 6.58 Å². The SMILES string of the molecule is C=C[C@@]1(C)CC(=O)[C@]2(O)[C@@]3(C)[C@@H](O)CCC(C)(C)[C@@H]3[C@H](O)[C@@H](OC(=O)N(N)C(=O)CC)[C@@]2(C)O1. The van der Waals surface area contributed by atoms with E-state index in [9.17, 15) is 29.7 Å². The minimum atomic E-state index is -2.34. The van der Waals surface area contributed by atoms with Crippen LogP contribution in [0, 0.1) is 16.7 Å². The number of ether oxygens (including phenoxy) is 2. The van der Waals surface area contributed by atoms with Crippen LogP contribution in [0.3, 0.4) is 0 Å². The van der Waals surface area contributed by atoms with Crippen LogP contribution in [-0.2, 0) is 19.1 Å². The van der Waals surface area contributed by atoms with Crippen molar-refractivity contribution >= 4 is 17.8 Å². The van der Waals surface area contributed by atoms with Gasteiger partial charge in [0.05, 0.1) is 17.8 Å². The van der Waals surface area contributed by atoms with Gasteiger partial charge in [-0.05, 0) is 32.1 Å². The van der Waals surface area contributed by atoms with E-state index in [0.29, 0.717) is 17.9 Å². The van der Waals surface area contributed by atoms with Crippen LogP contribution >= 0.6 is 0 Å². The molecule has 0 bridgehead atoms. The van der Waals surface area contributed by atoms with Crippen LogP contribution in [0.25, 0.3) is 0 Å². The average Bonchev–Trinajstić information content (AvgIpc) is 2.75. The number of fused-ring (bicyclic) bond motifs is 3. The smallest absolute Gasteiger partial charge is 0.431 e. The fourth-order valence-electron chi connectivity index (χ4n) is 6.92. The minimum Gasteiger partial charge on any atom is -0.439 e. The summed E-state index contributed by atoms with van der Waals surface area (Å²) in [6.07, 6.45) is -3.55. The van der Waals surface area contributed by atoms with Crippen molar-refractivity contribution in [1.82, 2.24) is 5.01 Å². The molecule has 2 amide bonds. The van der Waals surface area contributed by atoms with Crippen LogP contribution in [0.4, 0.5) is 4.79 Å². The molecule has 34 heavy (non-hydrogen) atoms. The third kappa shape index (κ3) is 3.30. The molecule has 3 fully saturated rings. The Kier molecular flexibility index (Phi) is 6.37. The van der Waals surface area contributed by atoms with Gasteiger partial charge in [0.1, 0.15) is 5.60 Å². The molecule has 0 aromatic rings. The number of aliphatic hydroxyl groups is 3. The highest BCUT2D eigenvalue weighted by atomic mass is 16.6. The van der Waals surface area contributed by atoms with E-state index >= 15 is 0 Å². The summed E-state index contributed by atoms with van der Waals surface area (Å²) in [5.74, 6) is 3.42. The number of hydrogen-bond donors (Lipinski definition) is 4. The fraction of sp³-hybridized carbons (Fsp3) is 0.792. The van der Waals surface area contributed by atoms with E-state index in [4.69, 9.17) is 15.3 Å². The Bertz CT molecular complexity index is 907. The number of hydrazine groups is 1. The van der Waals surface area contributed by atoms with Gasteiger partial charge in [-0.1, -0.05) is 33.8 Å². The third-order valence-electron chi connectivity index (χ3n) is 8.72. The zero-order chi connectivity index (χ0) is 26.1. The van der Waals surface area contributed by atoms with E-state index < -0.39 is 69.6 Å². The number of carbonyl (C=O) groups is 3. The lowest BCUT2D eigenvalue weighted by Crippen LogP contribution is -2.86. The summed E-state index contributed by atoms with van der Waals surface area (Å²) in [5, 5.41) is 35.5. The lowest BCUT2D eigenvalue weighted by atomic mass is 9.40. The molecule has 0 aromatic carbocycles. The highest BCUT2D eigenvalue weighted by Crippen LogP contribution is 2.67. The van der Waals surface area contributed by atoms with Gasteiger partial charge in [0, 0.05) is 24.2 Å². The summed E-state index contributed by atoms with van der Waals surface area (Å²) in [6, 6.07) is 0. The molecule has 0 unspecified atom stereocenters. The van der Waals surface area contributed by atoms with E-state index in [1.807, 2.05) is 13.8 Å². The van der Waals surface area contributed by atoms with E-state index in [0.717, 1.165) is 0 Å². The van der Waals surface area contributed by atoms with Crippen molar-refractivity contribution in [2.45, 2.75) is 102 Å². The standard InChI is InChI=1S/C24H38N2O8/c1-8-15(29)26(25)19(31)33-18-16(30)17-20(3,4)11-10-13(27)22(17,6)24(32)14(28)12-21(5,9-2)34-23(18,24)7/h9,13,16-18,27,30,32H,2,8,10-12,25H2,1,3-7H3/t13-,16-,17-,18+,21-,22-,23+,24-/m0/s1. The topological polar surface area (TPSA) is 160 Å². The lowest BCUT2D eigenvalue weighted by molar-refractivity contribution is -0.369. The van der Waals surface area contributed by atoms with E-state index in [1.165, 1.54) is 19.9 Å². The number of aliphatic hydroxyl groups excluding tert-OH is 2. The second-order valence-corrected chi connectivity index (χ2v) is 11.3. The molecule has 1 aliphatic heterocycles. The minimum absolute atomic E-state index is 0.0660. The molecule has 10 nitrogen and oxygen atoms in total. The molecule has 8 atom stereocenters. The maximum atomic E-state index is 13.8. The number of imide groups is 1. The number of ketones is 1. The van der Waals surface area contributed by atoms with Gasteiger partial charge in [0.2, 0.25) is 5.91 Å². The first-order chi connectivity index (χ1) is 15.5. The van der Waals surface area contributed by atoms with Crippen LogP contribution in [-0.4, -0.2) is 73.2 Å². The zero-order valence-electron chi connectivity index (χ0n) is 20.8. The summed E-state index contributed by atoms with van der Waals surface area (Å²) >= 11 is 0. The van der Waals surface area contributed by atoms with Gasteiger partial charge in [-0.3, -0.25) is 9.59 Å². The van der Waals surface area contributed by atoms with Crippen molar-refractivity contribution in [3.05, 3.63) is 12.7 Å². The van der Waals surface area contributed by atoms with Crippen molar-refractivity contribution in [3.63, 3.8) is 0 Å². The molecule has 1 heterocycles. The Balaban J connectivity index is 2.25. The molecule has 192 valence electrons. The molecule has 0 aromatic heterocycles. The Morgan fingerprint density at radius 2 is 1.85 bits per heavy atom. The molecule has 3 rings (SSSR count). The maximum Gasteiger partial charge on any atom is 0.431 e. The summed E-state index contributed by atoms with van der Waals surface area (Å²) < 4.78 is 11.9. The Hall–Kier alpha value is -1.85. The second kappa shape index (κ2) is 8.09. The van der Waals surface area contributed by atoms with Crippen molar-refractivity contribution in [2.24, 2.45) is 22.6 Å². The van der Waals surface area contributed by atoms with Crippen LogP contribution in [0.2, 0.25) is 0 Å². The molecule has 2 saturated carbocycles. The quantitative estimate of drug-likeness (QED) is 0.201. The summed E-state index contributed by atoms with van der Waals surface area (Å²) in [5.41, 5.74) is -7.79. The lowest BCUT2D eigenvalue weighted by Gasteiger charge is -2.71. The van der Waals surface area contributed by atoms with Crippen LogP contribution in [0.1, 0.15) is 67.2 Å². The molecule has 2 aliphatic carbocycles. The molecule has 1 saturated heterocycles. The normalized spacial score (nSPS) is 45.5. The van der Waals surface area contributed by atoms with Gasteiger partial charge in [0.15, 0.2) is 17.5 Å². The predicted octanol–water partition coefficient (Wildman–Crippen LogP) is 1.21. The van der Waals surface area contributed by atoms with Gasteiger partial charge >= 0.3 is 6.09 Å². The van der Waals surface area contributed by atoms with Gasteiger partial charge < -0.3 is 24.8 Å². The Morgan fingerprint density at radius 1 is 1.26 bits per heavy atom. The molecule has 0 radical (unpaired) electrons. The first kappa shape index (κ1) is 26.7. The van der Waals surface area contributed by atoms with Gasteiger partial charge in [0.25, 0.3) is 0 Å². The molecule has 0 spiro atoms. The molecule has 10 heteroatoms. The monoisotopic (exact) mass is 482 g/mol. The third-order valence-corrected chi connectivity index (χ3v) is 8.72. The summed E-state index contributed by atoms with van der Waals surface area (Å²) in [4.78, 5) is 38.6. The highest BCUT2D eigenvalue weighted by Gasteiger charge is 2.81. The van der Waals surface area contributed by atoms with E-state index in [2.05, 4.69) is 6.58 Å². The summed E-state index contributed by atoms with van der Waals surface area (Å²) in [6.45, 7) is 13.5. The molecule has 5 N–H and O–H groups in total. The molecular formula is C24H38N2O8. The average molecular weight is 483 g/mol. The Morgan fingerprint density at radius 3 is 2.38 bits per heavy atom. The Labute approximate surface area is 200 Å². The first-order valence-corrected chi connectivity index (χ1v) is 11.7. The predicted molar refractivity (Wildman–Crippen MR) is 121 cm³/mol. The van der Waals surface area contributed by atoms with Crippen LogP contribution < -0.4 is 5.84 Å². The number of carbonyl (C=O) groups excluding carboxylic acids is 3. The van der Waals surface area contributed by atoms with Gasteiger partial charge in [-0.2, -0.15) is 5.01 Å². The number of amides is 2. The number of rotatable bonds is 3. The number of Topliss-reactive ketones (excluding diaryl/α,β-unsaturated/α-hetero) is 1. The van der Waals surface area contributed by atoms with E-state index in [-0.39, 0.29) is 12.8 Å². The van der Waals surface area contributed by atoms with Crippen molar-refractivity contribution in [3.8, 4) is 0 Å². The number of nitrogens with two attached hydrogens (primary N) is 1. The highest BCUT2D eigenvalue weighted by molar-refractivity contribution is 5.93. The summed E-state index contributed by atoms with van der Waals surface area (Å²) in [7, 11) is 0. The number of hydrogen-bond acceptors (Lipinski definition) is 9. The largest absolute Gasteiger partial charge is 0.439 e. The first-order valence-electron chi connectivity index (χ1n) is 11.7. The van der Waals surface area contributed by atoms with Crippen LogP contribution in [0.15, 0.2) is 12.7 Å². The van der Waals surface area contributed by atoms with Crippen molar-refractivity contribution in [2.75, 3.05) is 0 Å². The molecular weight excluding hydrogens is 444 g/mol. The maximum absolute atomic E-state index is 13.8.